The molecule has 0 spiro atoms. The fourth-order valence-electron chi connectivity index (χ4n) is 0.893. The fraction of sp³-hybridized carbons (Fsp3) is 0. The first-order chi connectivity index (χ1) is 6.66. The largest absolute Gasteiger partial charge is 0.474 e. The average Bonchev–Trinajstić information content (AvgIpc) is 2.20. The molecular formula is C9H6N2O3. The molecule has 0 aliphatic rings. The highest BCUT2D eigenvalue weighted by atomic mass is 16.4. The van der Waals surface area contributed by atoms with Gasteiger partial charge < -0.3 is 5.11 Å². The van der Waals surface area contributed by atoms with Crippen LogP contribution in [0.2, 0.25) is 0 Å². The Morgan fingerprint density at radius 3 is 2.29 bits per heavy atom. The van der Waals surface area contributed by atoms with E-state index in [1.807, 2.05) is 0 Å². The summed E-state index contributed by atoms with van der Waals surface area (Å²) < 4.78 is 0. The van der Waals surface area contributed by atoms with Crippen LogP contribution < -0.4 is 4.90 Å². The molecule has 0 bridgehead atoms. The second-order valence-corrected chi connectivity index (χ2v) is 2.38. The van der Waals surface area contributed by atoms with Crippen molar-refractivity contribution in [3.05, 3.63) is 30.3 Å². The zero-order valence-electron chi connectivity index (χ0n) is 7.04. The van der Waals surface area contributed by atoms with Crippen LogP contribution in [0.5, 0.6) is 0 Å². The molecule has 0 aliphatic carbocycles. The van der Waals surface area contributed by atoms with E-state index in [0.717, 1.165) is 0 Å². The average molecular weight is 190 g/mol. The van der Waals surface area contributed by atoms with Crippen molar-refractivity contribution in [2.24, 2.45) is 0 Å². The number of aliphatic carboxylic acids is 1. The summed E-state index contributed by atoms with van der Waals surface area (Å²) in [7, 11) is 0. The van der Waals surface area contributed by atoms with Crippen LogP contribution in [-0.2, 0) is 9.59 Å². The molecule has 0 heterocycles. The van der Waals surface area contributed by atoms with Gasteiger partial charge in [-0.05, 0) is 12.1 Å². The summed E-state index contributed by atoms with van der Waals surface area (Å²) in [6.07, 6.45) is 1.50. The zero-order chi connectivity index (χ0) is 10.6. The monoisotopic (exact) mass is 190 g/mol. The van der Waals surface area contributed by atoms with Crippen LogP contribution in [0.15, 0.2) is 30.3 Å². The Hall–Kier alpha value is -2.35. The van der Waals surface area contributed by atoms with Crippen molar-refractivity contribution in [2.75, 3.05) is 4.90 Å². The number of hydrogen-bond acceptors (Lipinski definition) is 3. The van der Waals surface area contributed by atoms with Crippen LogP contribution in [0.1, 0.15) is 0 Å². The molecule has 5 nitrogen and oxygen atoms in total. The maximum Gasteiger partial charge on any atom is 0.396 e. The molecule has 0 aliphatic heterocycles. The van der Waals surface area contributed by atoms with E-state index in [-0.39, 0.29) is 5.69 Å². The van der Waals surface area contributed by atoms with Crippen LogP contribution >= 0.6 is 0 Å². The first-order valence-electron chi connectivity index (χ1n) is 3.69. The number of nitrogens with zero attached hydrogens (tertiary/aromatic N) is 2. The molecule has 0 atom stereocenters. The van der Waals surface area contributed by atoms with E-state index in [9.17, 15) is 9.59 Å². The molecule has 1 aromatic carbocycles. The summed E-state index contributed by atoms with van der Waals surface area (Å²) in [5.74, 6) is -2.92. The van der Waals surface area contributed by atoms with Gasteiger partial charge >= 0.3 is 11.9 Å². The third-order valence-corrected chi connectivity index (χ3v) is 1.50. The van der Waals surface area contributed by atoms with E-state index in [1.165, 1.54) is 18.3 Å². The molecule has 1 N–H and O–H groups in total. The number of carbonyl (C=O) groups is 2. The molecule has 0 aromatic heterocycles. The standard InChI is InChI=1S/C9H6N2O3/c10-6-11(8(12)9(13)14)7-4-2-1-3-5-7/h1-5H,(H,13,14). The van der Waals surface area contributed by atoms with Gasteiger partial charge in [0.05, 0.1) is 5.69 Å². The quantitative estimate of drug-likeness (QED) is 0.399. The summed E-state index contributed by atoms with van der Waals surface area (Å²) in [5.41, 5.74) is 0.238. The Balaban J connectivity index is 3.01. The lowest BCUT2D eigenvalue weighted by molar-refractivity contribution is -0.148. The summed E-state index contributed by atoms with van der Waals surface area (Å²) >= 11 is 0. The summed E-state index contributed by atoms with van der Waals surface area (Å²) in [4.78, 5) is 21.8. The van der Waals surface area contributed by atoms with Crippen molar-refractivity contribution in [3.8, 4) is 6.19 Å². The summed E-state index contributed by atoms with van der Waals surface area (Å²) in [5, 5.41) is 17.0. The van der Waals surface area contributed by atoms with E-state index in [1.54, 1.807) is 18.2 Å². The number of nitriles is 1. The van der Waals surface area contributed by atoms with Crippen LogP contribution in [0.25, 0.3) is 0 Å². The number of para-hydroxylation sites is 1. The Labute approximate surface area is 79.8 Å². The highest BCUT2D eigenvalue weighted by molar-refractivity contribution is 6.38. The topological polar surface area (TPSA) is 81.4 Å². The molecule has 1 amide bonds. The van der Waals surface area contributed by atoms with Crippen LogP contribution in [-0.4, -0.2) is 17.0 Å². The molecule has 70 valence electrons. The Kier molecular flexibility index (Phi) is 2.82. The highest BCUT2D eigenvalue weighted by Gasteiger charge is 2.21. The molecule has 5 heteroatoms. The summed E-state index contributed by atoms with van der Waals surface area (Å²) in [6, 6.07) is 7.86. The van der Waals surface area contributed by atoms with Gasteiger partial charge in [0, 0.05) is 0 Å². The van der Waals surface area contributed by atoms with Crippen molar-refractivity contribution >= 4 is 17.6 Å². The Bertz CT molecular complexity index is 394. The Morgan fingerprint density at radius 2 is 1.86 bits per heavy atom. The lowest BCUT2D eigenvalue weighted by Crippen LogP contribution is -2.32. The molecule has 0 saturated heterocycles. The van der Waals surface area contributed by atoms with Crippen molar-refractivity contribution in [1.82, 2.24) is 0 Å². The SMILES string of the molecule is N#CN(C(=O)C(=O)O)c1ccccc1. The van der Waals surface area contributed by atoms with Gasteiger partial charge in [-0.1, -0.05) is 18.2 Å². The molecule has 1 aromatic rings. The van der Waals surface area contributed by atoms with Gasteiger partial charge in [0.1, 0.15) is 0 Å². The van der Waals surface area contributed by atoms with Gasteiger partial charge in [-0.25, -0.2) is 9.69 Å². The molecular weight excluding hydrogens is 184 g/mol. The van der Waals surface area contributed by atoms with Gasteiger partial charge in [-0.3, -0.25) is 4.79 Å². The van der Waals surface area contributed by atoms with Gasteiger partial charge in [0.25, 0.3) is 0 Å². The Morgan fingerprint density at radius 1 is 1.29 bits per heavy atom. The summed E-state index contributed by atoms with van der Waals surface area (Å²) in [6.45, 7) is 0. The van der Waals surface area contributed by atoms with Crippen LogP contribution in [0, 0.1) is 11.5 Å². The zero-order valence-corrected chi connectivity index (χ0v) is 7.04. The number of hydrogen-bond donors (Lipinski definition) is 1. The minimum absolute atomic E-state index is 0.238. The van der Waals surface area contributed by atoms with Crippen molar-refractivity contribution in [3.63, 3.8) is 0 Å². The van der Waals surface area contributed by atoms with Gasteiger partial charge in [0.15, 0.2) is 6.19 Å². The second kappa shape index (κ2) is 4.05. The maximum absolute atomic E-state index is 11.0. The third kappa shape index (κ3) is 1.87. The fourth-order valence-corrected chi connectivity index (χ4v) is 0.893. The minimum atomic E-state index is -1.66. The van der Waals surface area contributed by atoms with E-state index in [0.29, 0.717) is 4.90 Å². The predicted molar refractivity (Wildman–Crippen MR) is 47.2 cm³/mol. The molecule has 1 rings (SSSR count). The van der Waals surface area contributed by atoms with Crippen LogP contribution in [0.3, 0.4) is 0 Å². The normalized spacial score (nSPS) is 8.79. The van der Waals surface area contributed by atoms with E-state index >= 15 is 0 Å². The second-order valence-electron chi connectivity index (χ2n) is 2.38. The molecule has 0 saturated carbocycles. The van der Waals surface area contributed by atoms with E-state index < -0.39 is 11.9 Å². The van der Waals surface area contributed by atoms with Gasteiger partial charge in [0.2, 0.25) is 0 Å². The first-order valence-corrected chi connectivity index (χ1v) is 3.69. The number of carboxylic acid groups (broad SMARTS) is 1. The van der Waals surface area contributed by atoms with Crippen LogP contribution in [0.4, 0.5) is 5.69 Å². The minimum Gasteiger partial charge on any atom is -0.474 e. The number of rotatable bonds is 1. The van der Waals surface area contributed by atoms with Gasteiger partial charge in [-0.15, -0.1) is 0 Å². The number of anilines is 1. The van der Waals surface area contributed by atoms with Gasteiger partial charge in [-0.2, -0.15) is 5.26 Å². The third-order valence-electron chi connectivity index (χ3n) is 1.50. The number of carboxylic acids is 1. The molecule has 0 unspecified atom stereocenters. The highest BCUT2D eigenvalue weighted by Crippen LogP contribution is 2.11. The van der Waals surface area contributed by atoms with Crippen molar-refractivity contribution < 1.29 is 14.7 Å². The number of amides is 1. The van der Waals surface area contributed by atoms with Crippen molar-refractivity contribution in [1.29, 1.82) is 5.26 Å². The van der Waals surface area contributed by atoms with E-state index in [4.69, 9.17) is 10.4 Å². The smallest absolute Gasteiger partial charge is 0.396 e. The number of carbonyl (C=O) groups excluding carboxylic acids is 1. The van der Waals surface area contributed by atoms with E-state index in [2.05, 4.69) is 0 Å². The first kappa shape index (κ1) is 9.74. The predicted octanol–water partition coefficient (Wildman–Crippen LogP) is 0.585. The number of benzene rings is 1. The van der Waals surface area contributed by atoms with Crippen molar-refractivity contribution in [2.45, 2.75) is 0 Å². The maximum atomic E-state index is 11.0. The lowest BCUT2D eigenvalue weighted by atomic mass is 10.3. The molecule has 0 fully saturated rings. The molecule has 14 heavy (non-hydrogen) atoms. The lowest BCUT2D eigenvalue weighted by Gasteiger charge is -2.09. The molecule has 0 radical (unpaired) electrons.